The number of hydrogen-bond donors (Lipinski definition) is 0. The maximum atomic E-state index is 5.97. The molecule has 0 radical (unpaired) electrons. The number of pyridine rings is 1. The zero-order valence-corrected chi connectivity index (χ0v) is 9.82. The zero-order valence-electron chi connectivity index (χ0n) is 9.82. The molecule has 4 aromatic heterocycles. The monoisotopic (exact) mass is 250 g/mol. The van der Waals surface area contributed by atoms with Crippen molar-refractivity contribution in [3.8, 4) is 11.5 Å². The first-order valence-corrected chi connectivity index (χ1v) is 6.00. The van der Waals surface area contributed by atoms with Crippen molar-refractivity contribution in [2.75, 3.05) is 0 Å². The van der Waals surface area contributed by atoms with Crippen LogP contribution in [0.15, 0.2) is 41.3 Å². The summed E-state index contributed by atoms with van der Waals surface area (Å²) in [6.07, 6.45) is 7.27. The topological polar surface area (TPSA) is 60.1 Å². The first kappa shape index (κ1) is 9.21. The van der Waals surface area contributed by atoms with Crippen LogP contribution in [-0.2, 0) is 6.54 Å². The van der Waals surface area contributed by atoms with Crippen LogP contribution in [-0.4, -0.2) is 19.4 Å². The van der Waals surface area contributed by atoms with E-state index >= 15 is 0 Å². The minimum absolute atomic E-state index is 0.653. The van der Waals surface area contributed by atoms with E-state index in [1.807, 2.05) is 28.9 Å². The smallest absolute Gasteiger partial charge is 0.392 e. The van der Waals surface area contributed by atoms with Crippen molar-refractivity contribution in [1.82, 2.24) is 19.4 Å². The van der Waals surface area contributed by atoms with E-state index in [1.54, 1.807) is 12.4 Å². The van der Waals surface area contributed by atoms with Crippen molar-refractivity contribution in [2.45, 2.75) is 6.54 Å². The lowest BCUT2D eigenvalue weighted by Gasteiger charge is -1.91. The molecule has 5 heterocycles. The van der Waals surface area contributed by atoms with E-state index in [0.717, 1.165) is 29.4 Å². The number of oxazole rings is 1. The fourth-order valence-corrected chi connectivity index (χ4v) is 2.64. The van der Waals surface area contributed by atoms with E-state index in [2.05, 4.69) is 19.5 Å². The molecule has 5 rings (SSSR count). The Morgan fingerprint density at radius 3 is 3.32 bits per heavy atom. The molecule has 6 heteroatoms. The van der Waals surface area contributed by atoms with Crippen molar-refractivity contribution >= 4 is 17.1 Å². The molecule has 1 aliphatic rings. The fourth-order valence-electron chi connectivity index (χ4n) is 2.64. The van der Waals surface area contributed by atoms with Gasteiger partial charge in [0.2, 0.25) is 0 Å². The Hall–Kier alpha value is -2.76. The van der Waals surface area contributed by atoms with Crippen molar-refractivity contribution < 1.29 is 8.98 Å². The zero-order chi connectivity index (χ0) is 12.4. The lowest BCUT2D eigenvalue weighted by molar-refractivity contribution is -0.651. The Labute approximate surface area is 107 Å². The molecule has 6 nitrogen and oxygen atoms in total. The van der Waals surface area contributed by atoms with Gasteiger partial charge in [-0.05, 0) is 12.1 Å². The molecule has 0 atom stereocenters. The summed E-state index contributed by atoms with van der Waals surface area (Å²) < 4.78 is 9.90. The number of nitrogens with zero attached hydrogens (tertiary/aromatic N) is 5. The van der Waals surface area contributed by atoms with Gasteiger partial charge >= 0.3 is 23.0 Å². The van der Waals surface area contributed by atoms with Gasteiger partial charge in [-0.1, -0.05) is 0 Å². The molecule has 0 fully saturated rings. The van der Waals surface area contributed by atoms with Gasteiger partial charge in [-0.2, -0.15) is 9.55 Å². The summed E-state index contributed by atoms with van der Waals surface area (Å²) >= 11 is 0. The second kappa shape index (κ2) is 2.97. The summed E-state index contributed by atoms with van der Waals surface area (Å²) in [5, 5.41) is 0. The highest BCUT2D eigenvalue weighted by Crippen LogP contribution is 2.30. The molecule has 0 saturated heterocycles. The predicted octanol–water partition coefficient (Wildman–Crippen LogP) is 1.19. The van der Waals surface area contributed by atoms with Crippen molar-refractivity contribution in [3.05, 3.63) is 42.5 Å². The van der Waals surface area contributed by atoms with Crippen LogP contribution in [0.5, 0.6) is 0 Å². The molecule has 1 aliphatic heterocycles. The molecule has 4 aromatic rings. The predicted molar refractivity (Wildman–Crippen MR) is 65.3 cm³/mol. The number of aromatic nitrogens is 5. The van der Waals surface area contributed by atoms with Crippen molar-refractivity contribution in [1.29, 1.82) is 0 Å². The highest BCUT2D eigenvalue weighted by Gasteiger charge is 2.34. The molecule has 0 bridgehead atoms. The van der Waals surface area contributed by atoms with Gasteiger partial charge in [-0.25, -0.2) is 4.40 Å². The summed E-state index contributed by atoms with van der Waals surface area (Å²) in [5.41, 5.74) is 3.80. The molecular weight excluding hydrogens is 242 g/mol. The Balaban J connectivity index is 1.93. The van der Waals surface area contributed by atoms with E-state index in [0.29, 0.717) is 5.78 Å². The van der Waals surface area contributed by atoms with Gasteiger partial charge < -0.3 is 4.42 Å². The molecule has 90 valence electrons. The minimum Gasteiger partial charge on any atom is -0.396 e. The number of fused-ring (bicyclic) bond motifs is 7. The van der Waals surface area contributed by atoms with Crippen LogP contribution in [0.3, 0.4) is 0 Å². The third-order valence-electron chi connectivity index (χ3n) is 3.51. The van der Waals surface area contributed by atoms with E-state index in [1.165, 1.54) is 5.56 Å². The van der Waals surface area contributed by atoms with Crippen LogP contribution in [0.4, 0.5) is 0 Å². The highest BCUT2D eigenvalue weighted by atomic mass is 16.4. The molecule has 0 aromatic carbocycles. The maximum absolute atomic E-state index is 5.97. The van der Waals surface area contributed by atoms with Crippen LogP contribution in [0, 0.1) is 0 Å². The number of rotatable bonds is 0. The summed E-state index contributed by atoms with van der Waals surface area (Å²) in [6, 6.07) is 3.87. The Morgan fingerprint density at radius 2 is 2.32 bits per heavy atom. The lowest BCUT2D eigenvalue weighted by atomic mass is 10.2. The summed E-state index contributed by atoms with van der Waals surface area (Å²) in [5.74, 6) is 1.47. The van der Waals surface area contributed by atoms with Crippen LogP contribution < -0.4 is 4.57 Å². The second-order valence-corrected chi connectivity index (χ2v) is 4.56. The van der Waals surface area contributed by atoms with Gasteiger partial charge in [0.15, 0.2) is 0 Å². The Bertz CT molecular complexity index is 952. The molecule has 0 unspecified atom stereocenters. The van der Waals surface area contributed by atoms with Gasteiger partial charge in [-0.15, -0.1) is 0 Å². The molecule has 0 saturated carbocycles. The Kier molecular flexibility index (Phi) is 1.44. The maximum Gasteiger partial charge on any atom is 0.392 e. The molecule has 0 spiro atoms. The molecule has 19 heavy (non-hydrogen) atoms. The quantitative estimate of drug-likeness (QED) is 0.387. The number of imidazole rings is 1. The Morgan fingerprint density at radius 1 is 1.32 bits per heavy atom. The highest BCUT2D eigenvalue weighted by molar-refractivity contribution is 5.71. The normalized spacial score (nSPS) is 13.1. The van der Waals surface area contributed by atoms with Gasteiger partial charge in [0, 0.05) is 35.3 Å². The van der Waals surface area contributed by atoms with Crippen LogP contribution in [0.2, 0.25) is 0 Å². The van der Waals surface area contributed by atoms with Crippen molar-refractivity contribution in [3.63, 3.8) is 0 Å². The van der Waals surface area contributed by atoms with Gasteiger partial charge in [0.25, 0.3) is 0 Å². The summed E-state index contributed by atoms with van der Waals surface area (Å²) in [6.45, 7) is 0.768. The van der Waals surface area contributed by atoms with Gasteiger partial charge in [-0.3, -0.25) is 4.98 Å². The summed E-state index contributed by atoms with van der Waals surface area (Å²) in [4.78, 5) is 12.9. The SMILES string of the molecule is c1cnc2nc3c(oc4[n+]3Cc3ccncc3-4)n2c1. The van der Waals surface area contributed by atoms with E-state index in [-0.39, 0.29) is 0 Å². The largest absolute Gasteiger partial charge is 0.396 e. The molecule has 0 N–H and O–H groups in total. The minimum atomic E-state index is 0.653. The average molecular weight is 250 g/mol. The lowest BCUT2D eigenvalue weighted by Crippen LogP contribution is -2.30. The third-order valence-corrected chi connectivity index (χ3v) is 3.51. The van der Waals surface area contributed by atoms with Gasteiger partial charge in [0.1, 0.15) is 6.54 Å². The summed E-state index contributed by atoms with van der Waals surface area (Å²) in [7, 11) is 0. The first-order chi connectivity index (χ1) is 9.42. The van der Waals surface area contributed by atoms with Crippen LogP contribution in [0.25, 0.3) is 28.6 Å². The first-order valence-electron chi connectivity index (χ1n) is 6.00. The standard InChI is InChI=1S/C13H8N5O/c1-3-15-13-16-10-12(17(13)5-1)19-11-9-6-14-4-2-8(9)7-18(10)11/h1-6H,7H2/q+1. The van der Waals surface area contributed by atoms with Crippen LogP contribution in [0.1, 0.15) is 5.56 Å². The number of hydrogen-bond acceptors (Lipinski definition) is 4. The fraction of sp³-hybridized carbons (Fsp3) is 0.0769. The van der Waals surface area contributed by atoms with Crippen LogP contribution >= 0.6 is 0 Å². The molecule has 0 aliphatic carbocycles. The second-order valence-electron chi connectivity index (χ2n) is 4.56. The van der Waals surface area contributed by atoms with Gasteiger partial charge in [0.05, 0.1) is 5.56 Å². The van der Waals surface area contributed by atoms with E-state index in [4.69, 9.17) is 4.42 Å². The van der Waals surface area contributed by atoms with E-state index < -0.39 is 0 Å². The van der Waals surface area contributed by atoms with Crippen molar-refractivity contribution in [2.24, 2.45) is 0 Å². The molecule has 0 amide bonds. The van der Waals surface area contributed by atoms with E-state index in [9.17, 15) is 0 Å². The average Bonchev–Trinajstić information content (AvgIpc) is 3.07. The third kappa shape index (κ3) is 1.02. The molecular formula is C13H8N5O+.